The Labute approximate surface area is 103 Å². The third-order valence-electron chi connectivity index (χ3n) is 1.50. The molecule has 0 aliphatic heterocycles. The predicted octanol–water partition coefficient (Wildman–Crippen LogP) is 0.822. The summed E-state index contributed by atoms with van der Waals surface area (Å²) >= 11 is 0. The molecule has 0 aromatic rings. The first-order chi connectivity index (χ1) is 5.92. The van der Waals surface area contributed by atoms with E-state index < -0.39 is 8.07 Å². The fraction of sp³-hybridized carbons (Fsp3) is 0.583. The number of unbranched alkanes of at least 4 members (excludes halogenated alkanes) is 2. The molecule has 0 fully saturated rings. The SMILES string of the molecule is C=C(C)CCC[CH-]C#C[Si](C)(C)C.[Li+]. The minimum absolute atomic E-state index is 0. The molecule has 0 radical (unpaired) electrons. The summed E-state index contributed by atoms with van der Waals surface area (Å²) in [6.45, 7) is 12.7. The van der Waals surface area contributed by atoms with Crippen LogP contribution in [0.1, 0.15) is 26.2 Å². The van der Waals surface area contributed by atoms with Crippen LogP contribution in [0.15, 0.2) is 12.2 Å². The van der Waals surface area contributed by atoms with Crippen molar-refractivity contribution in [2.75, 3.05) is 0 Å². The van der Waals surface area contributed by atoms with E-state index in [-0.39, 0.29) is 18.9 Å². The molecule has 0 unspecified atom stereocenters. The van der Waals surface area contributed by atoms with Crippen LogP contribution in [0.25, 0.3) is 0 Å². The van der Waals surface area contributed by atoms with Crippen molar-refractivity contribution in [3.8, 4) is 11.5 Å². The minimum Gasteiger partial charge on any atom is -0.332 e. The third kappa shape index (κ3) is 14.5. The molecule has 74 valence electrons. The Bertz CT molecular complexity index is 215. The molecule has 14 heavy (non-hydrogen) atoms. The molecule has 2 heteroatoms. The predicted molar refractivity (Wildman–Crippen MR) is 64.1 cm³/mol. The van der Waals surface area contributed by atoms with Crippen LogP contribution in [0.2, 0.25) is 19.6 Å². The summed E-state index contributed by atoms with van der Waals surface area (Å²) in [6, 6.07) is 0. The van der Waals surface area contributed by atoms with Gasteiger partial charge < -0.3 is 5.54 Å². The van der Waals surface area contributed by atoms with E-state index in [0.717, 1.165) is 12.8 Å². The van der Waals surface area contributed by atoms with Gasteiger partial charge in [-0.05, 0) is 13.3 Å². The maximum atomic E-state index is 3.87. The van der Waals surface area contributed by atoms with Gasteiger partial charge in [0.1, 0.15) is 0 Å². The number of rotatable bonds is 4. The van der Waals surface area contributed by atoms with Gasteiger partial charge in [0.25, 0.3) is 0 Å². The van der Waals surface area contributed by atoms with Gasteiger partial charge >= 0.3 is 18.9 Å². The summed E-state index contributed by atoms with van der Waals surface area (Å²) < 4.78 is 0. The summed E-state index contributed by atoms with van der Waals surface area (Å²) in [5, 5.41) is 0. The molecule has 0 bridgehead atoms. The molecule has 0 saturated carbocycles. The van der Waals surface area contributed by atoms with E-state index in [0.29, 0.717) is 0 Å². The summed E-state index contributed by atoms with van der Waals surface area (Å²) in [6.07, 6.45) is 5.52. The van der Waals surface area contributed by atoms with Crippen molar-refractivity contribution in [2.45, 2.75) is 45.8 Å². The maximum absolute atomic E-state index is 3.87. The number of hydrogen-bond donors (Lipinski definition) is 0. The Morgan fingerprint density at radius 3 is 2.36 bits per heavy atom. The van der Waals surface area contributed by atoms with Gasteiger partial charge in [-0.25, -0.2) is 0 Å². The zero-order valence-electron chi connectivity index (χ0n) is 10.4. The van der Waals surface area contributed by atoms with Crippen LogP contribution in [0.3, 0.4) is 0 Å². The monoisotopic (exact) mass is 200 g/mol. The van der Waals surface area contributed by atoms with Crippen LogP contribution in [-0.2, 0) is 0 Å². The van der Waals surface area contributed by atoms with E-state index in [1.54, 1.807) is 0 Å². The Balaban J connectivity index is 0. The molecule has 0 aliphatic carbocycles. The van der Waals surface area contributed by atoms with Gasteiger partial charge in [-0.15, -0.1) is 6.58 Å². The van der Waals surface area contributed by atoms with E-state index in [9.17, 15) is 0 Å². The summed E-state index contributed by atoms with van der Waals surface area (Å²) in [5.74, 6) is 3.16. The van der Waals surface area contributed by atoms with E-state index in [2.05, 4.69) is 51.0 Å². The Kier molecular flexibility index (Phi) is 9.74. The fourth-order valence-corrected chi connectivity index (χ4v) is 1.38. The second kappa shape index (κ2) is 8.31. The Hall–Kier alpha value is -0.0157. The minimum atomic E-state index is -1.15. The molecule has 0 aromatic heterocycles. The summed E-state index contributed by atoms with van der Waals surface area (Å²) in [4.78, 5) is 0. The molecule has 0 saturated heterocycles. The number of allylic oxidation sites excluding steroid dienone is 1. The standard InChI is InChI=1S/C12H21Si.Li/c1-12(2)10-8-6-7-9-11-13(3,4)5;/h7H,1,6,8,10H2,2-5H3;/q-1;+1. The van der Waals surface area contributed by atoms with Crippen LogP contribution in [0.4, 0.5) is 0 Å². The molecular formula is C12H21LiSi. The van der Waals surface area contributed by atoms with Crippen molar-refractivity contribution < 1.29 is 18.9 Å². The fourth-order valence-electron chi connectivity index (χ4n) is 0.846. The Morgan fingerprint density at radius 2 is 1.93 bits per heavy atom. The van der Waals surface area contributed by atoms with Gasteiger partial charge in [0.15, 0.2) is 0 Å². The zero-order chi connectivity index (χ0) is 10.3. The topological polar surface area (TPSA) is 0 Å². The largest absolute Gasteiger partial charge is 1.00 e. The van der Waals surface area contributed by atoms with Crippen molar-refractivity contribution >= 4 is 8.07 Å². The van der Waals surface area contributed by atoms with Crippen molar-refractivity contribution in [1.29, 1.82) is 0 Å². The van der Waals surface area contributed by atoms with Crippen molar-refractivity contribution in [1.82, 2.24) is 0 Å². The normalized spacial score (nSPS) is 9.43. The van der Waals surface area contributed by atoms with Crippen molar-refractivity contribution in [3.05, 3.63) is 18.6 Å². The zero-order valence-corrected chi connectivity index (χ0v) is 11.4. The van der Waals surface area contributed by atoms with Gasteiger partial charge in [-0.2, -0.15) is 6.42 Å². The van der Waals surface area contributed by atoms with Crippen molar-refractivity contribution in [3.63, 3.8) is 0 Å². The van der Waals surface area contributed by atoms with E-state index in [4.69, 9.17) is 0 Å². The molecule has 0 atom stereocenters. The average Bonchev–Trinajstić information content (AvgIpc) is 1.93. The molecule has 0 N–H and O–H groups in total. The van der Waals surface area contributed by atoms with Crippen LogP contribution < -0.4 is 18.9 Å². The summed E-state index contributed by atoms with van der Waals surface area (Å²) in [5.41, 5.74) is 4.59. The first-order valence-corrected chi connectivity index (χ1v) is 8.40. The van der Waals surface area contributed by atoms with Gasteiger partial charge in [0, 0.05) is 8.07 Å². The molecular weight excluding hydrogens is 179 g/mol. The van der Waals surface area contributed by atoms with Crippen LogP contribution in [0, 0.1) is 17.9 Å². The average molecular weight is 200 g/mol. The van der Waals surface area contributed by atoms with Crippen LogP contribution >= 0.6 is 0 Å². The first-order valence-electron chi connectivity index (χ1n) is 4.90. The van der Waals surface area contributed by atoms with Gasteiger partial charge in [-0.3, -0.25) is 5.92 Å². The van der Waals surface area contributed by atoms with E-state index >= 15 is 0 Å². The van der Waals surface area contributed by atoms with Gasteiger partial charge in [0.2, 0.25) is 0 Å². The van der Waals surface area contributed by atoms with Gasteiger partial charge in [0.05, 0.1) is 0 Å². The molecule has 0 spiro atoms. The van der Waals surface area contributed by atoms with Crippen LogP contribution in [-0.4, -0.2) is 8.07 Å². The second-order valence-electron chi connectivity index (χ2n) is 4.57. The molecule has 0 rings (SSSR count). The quantitative estimate of drug-likeness (QED) is 0.207. The molecule has 0 nitrogen and oxygen atoms in total. The Morgan fingerprint density at radius 1 is 1.36 bits per heavy atom. The van der Waals surface area contributed by atoms with E-state index in [1.165, 1.54) is 12.0 Å². The second-order valence-corrected chi connectivity index (χ2v) is 9.32. The molecule has 0 heterocycles. The number of hydrogen-bond acceptors (Lipinski definition) is 0. The third-order valence-corrected chi connectivity index (χ3v) is 2.40. The van der Waals surface area contributed by atoms with Gasteiger partial charge in [-0.1, -0.05) is 38.1 Å². The maximum Gasteiger partial charge on any atom is 1.00 e. The van der Waals surface area contributed by atoms with E-state index in [1.807, 2.05) is 0 Å². The smallest absolute Gasteiger partial charge is 0.332 e. The molecule has 0 amide bonds. The molecule has 0 aliphatic rings. The first kappa shape index (κ1) is 16.4. The summed E-state index contributed by atoms with van der Waals surface area (Å²) in [7, 11) is -1.15. The van der Waals surface area contributed by atoms with Crippen molar-refractivity contribution in [2.24, 2.45) is 0 Å². The molecule has 0 aromatic carbocycles. The van der Waals surface area contributed by atoms with Crippen LogP contribution in [0.5, 0.6) is 0 Å².